The molecule has 1 aromatic carbocycles. The van der Waals surface area contributed by atoms with E-state index in [0.717, 1.165) is 26.1 Å². The lowest BCUT2D eigenvalue weighted by Gasteiger charge is -2.01. The van der Waals surface area contributed by atoms with E-state index in [-0.39, 0.29) is 0 Å². The molecular formula is C10H7BrClN. The van der Waals surface area contributed by atoms with E-state index in [4.69, 9.17) is 11.6 Å². The number of hydrogen-bond acceptors (Lipinski definition) is 1. The van der Waals surface area contributed by atoms with E-state index in [1.54, 1.807) is 0 Å². The highest BCUT2D eigenvalue weighted by molar-refractivity contribution is 9.10. The van der Waals surface area contributed by atoms with E-state index in [0.29, 0.717) is 0 Å². The molecule has 66 valence electrons. The Morgan fingerprint density at radius 2 is 2.08 bits per heavy atom. The second-order valence-electron chi connectivity index (χ2n) is 2.89. The number of nitrogens with zero attached hydrogens (tertiary/aromatic N) is 1. The van der Waals surface area contributed by atoms with Crippen LogP contribution in [0.2, 0.25) is 5.02 Å². The summed E-state index contributed by atoms with van der Waals surface area (Å²) in [6.07, 6.45) is 0. The van der Waals surface area contributed by atoms with Gasteiger partial charge in [-0.25, -0.2) is 0 Å². The van der Waals surface area contributed by atoms with Crippen LogP contribution in [0.4, 0.5) is 0 Å². The number of rotatable bonds is 0. The first kappa shape index (κ1) is 8.97. The molecule has 0 aliphatic rings. The minimum atomic E-state index is 0.724. The van der Waals surface area contributed by atoms with Crippen LogP contribution in [0, 0.1) is 6.92 Å². The van der Waals surface area contributed by atoms with Crippen LogP contribution in [0.1, 0.15) is 5.69 Å². The molecule has 13 heavy (non-hydrogen) atoms. The molecule has 0 spiro atoms. The summed E-state index contributed by atoms with van der Waals surface area (Å²) in [6.45, 7) is 1.96. The lowest BCUT2D eigenvalue weighted by atomic mass is 10.2. The summed E-state index contributed by atoms with van der Waals surface area (Å²) in [5.41, 5.74) is 1.92. The summed E-state index contributed by atoms with van der Waals surface area (Å²) in [6, 6.07) is 7.76. The Hall–Kier alpha value is -0.600. The minimum absolute atomic E-state index is 0.724. The first-order valence-corrected chi connectivity index (χ1v) is 5.06. The molecule has 0 radical (unpaired) electrons. The second kappa shape index (κ2) is 3.28. The third kappa shape index (κ3) is 1.69. The van der Waals surface area contributed by atoms with Crippen LogP contribution < -0.4 is 0 Å². The van der Waals surface area contributed by atoms with Gasteiger partial charge in [0.25, 0.3) is 0 Å². The number of aromatic nitrogens is 1. The third-order valence-corrected chi connectivity index (χ3v) is 2.95. The maximum atomic E-state index is 5.86. The summed E-state index contributed by atoms with van der Waals surface area (Å²) in [5.74, 6) is 0. The highest BCUT2D eigenvalue weighted by Gasteiger charge is 2.00. The molecule has 1 aromatic heterocycles. The first-order chi connectivity index (χ1) is 6.16. The van der Waals surface area contributed by atoms with E-state index >= 15 is 0 Å². The first-order valence-electron chi connectivity index (χ1n) is 3.89. The predicted octanol–water partition coefficient (Wildman–Crippen LogP) is 3.96. The number of halogens is 2. The molecule has 1 heterocycles. The van der Waals surface area contributed by atoms with E-state index in [1.807, 2.05) is 31.2 Å². The summed E-state index contributed by atoms with van der Waals surface area (Å²) in [4.78, 5) is 4.40. The molecule has 0 aliphatic heterocycles. The Kier molecular flexibility index (Phi) is 2.26. The monoisotopic (exact) mass is 255 g/mol. The highest BCUT2D eigenvalue weighted by atomic mass is 79.9. The fourth-order valence-electron chi connectivity index (χ4n) is 1.21. The van der Waals surface area contributed by atoms with Crippen LogP contribution >= 0.6 is 27.5 Å². The SMILES string of the molecule is Cc1nc2cc(Cl)ccc2cc1Br. The number of fused-ring (bicyclic) bond motifs is 1. The molecule has 0 unspecified atom stereocenters. The van der Waals surface area contributed by atoms with Crippen LogP contribution in [0.15, 0.2) is 28.7 Å². The zero-order chi connectivity index (χ0) is 9.42. The van der Waals surface area contributed by atoms with Crippen molar-refractivity contribution in [2.75, 3.05) is 0 Å². The van der Waals surface area contributed by atoms with Crippen molar-refractivity contribution in [1.82, 2.24) is 4.98 Å². The van der Waals surface area contributed by atoms with Crippen LogP contribution in [0.25, 0.3) is 10.9 Å². The van der Waals surface area contributed by atoms with Gasteiger partial charge in [0.15, 0.2) is 0 Å². The maximum absolute atomic E-state index is 5.86. The molecule has 0 saturated heterocycles. The van der Waals surface area contributed by atoms with E-state index < -0.39 is 0 Å². The fraction of sp³-hybridized carbons (Fsp3) is 0.100. The van der Waals surface area contributed by atoms with Gasteiger partial charge in [0.1, 0.15) is 0 Å². The largest absolute Gasteiger partial charge is 0.252 e. The van der Waals surface area contributed by atoms with Crippen molar-refractivity contribution in [3.63, 3.8) is 0 Å². The van der Waals surface area contributed by atoms with Crippen molar-refractivity contribution >= 4 is 38.4 Å². The Labute approximate surface area is 89.9 Å². The van der Waals surface area contributed by atoms with Gasteiger partial charge in [0.2, 0.25) is 0 Å². The van der Waals surface area contributed by atoms with Crippen LogP contribution in [0.5, 0.6) is 0 Å². The van der Waals surface area contributed by atoms with Gasteiger partial charge in [-0.05, 0) is 41.1 Å². The van der Waals surface area contributed by atoms with E-state index in [9.17, 15) is 0 Å². The van der Waals surface area contributed by atoms with Crippen LogP contribution in [-0.4, -0.2) is 4.98 Å². The van der Waals surface area contributed by atoms with Crippen LogP contribution in [0.3, 0.4) is 0 Å². The van der Waals surface area contributed by atoms with Crippen molar-refractivity contribution in [2.45, 2.75) is 6.92 Å². The number of pyridine rings is 1. The van der Waals surface area contributed by atoms with Gasteiger partial charge in [-0.2, -0.15) is 0 Å². The Morgan fingerprint density at radius 1 is 1.31 bits per heavy atom. The average Bonchev–Trinajstić information content (AvgIpc) is 2.08. The molecule has 0 amide bonds. The topological polar surface area (TPSA) is 12.9 Å². The van der Waals surface area contributed by atoms with E-state index in [1.165, 1.54) is 0 Å². The van der Waals surface area contributed by atoms with Gasteiger partial charge >= 0.3 is 0 Å². The average molecular weight is 257 g/mol. The Balaban J connectivity index is 2.81. The Morgan fingerprint density at radius 3 is 2.85 bits per heavy atom. The molecule has 3 heteroatoms. The van der Waals surface area contributed by atoms with Gasteiger partial charge in [-0.1, -0.05) is 17.7 Å². The Bertz CT molecular complexity index is 468. The molecule has 2 rings (SSSR count). The van der Waals surface area contributed by atoms with Crippen molar-refractivity contribution < 1.29 is 0 Å². The molecule has 0 N–H and O–H groups in total. The summed E-state index contributed by atoms with van der Waals surface area (Å²) in [7, 11) is 0. The van der Waals surface area contributed by atoms with Gasteiger partial charge in [-0.3, -0.25) is 4.98 Å². The normalized spacial score (nSPS) is 10.7. The molecule has 0 bridgehead atoms. The van der Waals surface area contributed by atoms with Gasteiger partial charge < -0.3 is 0 Å². The third-order valence-electron chi connectivity index (χ3n) is 1.91. The molecular weight excluding hydrogens is 249 g/mol. The molecule has 0 saturated carbocycles. The van der Waals surface area contributed by atoms with Crippen molar-refractivity contribution in [3.05, 3.63) is 39.5 Å². The summed E-state index contributed by atoms with van der Waals surface area (Å²) >= 11 is 9.30. The number of benzene rings is 1. The van der Waals surface area contributed by atoms with Crippen LogP contribution in [-0.2, 0) is 0 Å². The number of hydrogen-bond donors (Lipinski definition) is 0. The lowest BCUT2D eigenvalue weighted by molar-refractivity contribution is 1.23. The molecule has 1 nitrogen and oxygen atoms in total. The van der Waals surface area contributed by atoms with E-state index in [2.05, 4.69) is 20.9 Å². The summed E-state index contributed by atoms with van der Waals surface area (Å²) < 4.78 is 1.03. The quantitative estimate of drug-likeness (QED) is 0.695. The molecule has 0 aliphatic carbocycles. The summed E-state index contributed by atoms with van der Waals surface area (Å²) in [5, 5.41) is 1.82. The second-order valence-corrected chi connectivity index (χ2v) is 4.18. The lowest BCUT2D eigenvalue weighted by Crippen LogP contribution is -1.84. The number of aryl methyl sites for hydroxylation is 1. The zero-order valence-electron chi connectivity index (χ0n) is 7.01. The van der Waals surface area contributed by atoms with Crippen molar-refractivity contribution in [1.29, 1.82) is 0 Å². The van der Waals surface area contributed by atoms with Gasteiger partial charge in [0.05, 0.1) is 11.2 Å². The molecule has 0 atom stereocenters. The maximum Gasteiger partial charge on any atom is 0.0720 e. The predicted molar refractivity (Wildman–Crippen MR) is 59.2 cm³/mol. The standard InChI is InChI=1S/C10H7BrClN/c1-6-9(11)4-7-2-3-8(12)5-10(7)13-6/h2-5H,1H3. The van der Waals surface area contributed by atoms with Crippen molar-refractivity contribution in [3.8, 4) is 0 Å². The minimum Gasteiger partial charge on any atom is -0.252 e. The zero-order valence-corrected chi connectivity index (χ0v) is 9.35. The fourth-order valence-corrected chi connectivity index (χ4v) is 1.71. The van der Waals surface area contributed by atoms with Gasteiger partial charge in [0, 0.05) is 14.9 Å². The molecule has 2 aromatic rings. The van der Waals surface area contributed by atoms with Crippen molar-refractivity contribution in [2.24, 2.45) is 0 Å². The highest BCUT2D eigenvalue weighted by Crippen LogP contribution is 2.23. The van der Waals surface area contributed by atoms with Gasteiger partial charge in [-0.15, -0.1) is 0 Å². The smallest absolute Gasteiger partial charge is 0.0720 e. The molecule has 0 fully saturated rings.